The number of ether oxygens (including phenoxy) is 1. The van der Waals surface area contributed by atoms with Gasteiger partial charge in [0.1, 0.15) is 5.75 Å². The summed E-state index contributed by atoms with van der Waals surface area (Å²) in [6, 6.07) is 13.2. The first-order valence-corrected chi connectivity index (χ1v) is 10.2. The second-order valence-electron chi connectivity index (χ2n) is 7.14. The van der Waals surface area contributed by atoms with Gasteiger partial charge in [-0.2, -0.15) is 0 Å². The van der Waals surface area contributed by atoms with E-state index in [0.29, 0.717) is 0 Å². The highest BCUT2D eigenvalue weighted by Gasteiger charge is 2.05. The van der Waals surface area contributed by atoms with Crippen molar-refractivity contribution in [3.63, 3.8) is 0 Å². The zero-order valence-corrected chi connectivity index (χ0v) is 17.0. The summed E-state index contributed by atoms with van der Waals surface area (Å²) < 4.78 is 5.99. The van der Waals surface area contributed by atoms with Gasteiger partial charge in [0, 0.05) is 0 Å². The van der Waals surface area contributed by atoms with E-state index in [1.165, 1.54) is 53.5 Å². The van der Waals surface area contributed by atoms with Crippen molar-refractivity contribution in [2.75, 3.05) is 6.61 Å². The van der Waals surface area contributed by atoms with E-state index in [1.54, 1.807) is 0 Å². The molecule has 0 aliphatic carbocycles. The summed E-state index contributed by atoms with van der Waals surface area (Å²) in [4.78, 5) is 0. The maximum Gasteiger partial charge on any atom is 0.122 e. The summed E-state index contributed by atoms with van der Waals surface area (Å²) in [5, 5.41) is 0. The molecule has 0 aromatic heterocycles. The Hall–Kier alpha value is -2.02. The van der Waals surface area contributed by atoms with Crippen LogP contribution < -0.4 is 4.74 Å². The maximum atomic E-state index is 5.99. The highest BCUT2D eigenvalue weighted by atomic mass is 16.5. The Morgan fingerprint density at radius 3 is 2.23 bits per heavy atom. The first kappa shape index (κ1) is 20.3. The van der Waals surface area contributed by atoms with Gasteiger partial charge in [-0.05, 0) is 60.6 Å². The third-order valence-electron chi connectivity index (χ3n) is 5.01. The van der Waals surface area contributed by atoms with Crippen molar-refractivity contribution in [2.24, 2.45) is 0 Å². The number of unbranched alkanes of at least 4 members (excludes halogenated alkanes) is 3. The predicted octanol–water partition coefficient (Wildman–Crippen LogP) is 7.39. The number of hydrogen-bond acceptors (Lipinski definition) is 1. The quantitative estimate of drug-likeness (QED) is 0.321. The second-order valence-corrected chi connectivity index (χ2v) is 7.14. The highest BCUT2D eigenvalue weighted by molar-refractivity contribution is 5.72. The van der Waals surface area contributed by atoms with Crippen LogP contribution in [-0.2, 0) is 6.42 Å². The number of rotatable bonds is 10. The molecule has 0 bridgehead atoms. The molecule has 0 unspecified atom stereocenters. The molecular weight excluding hydrogens is 316 g/mol. The summed E-state index contributed by atoms with van der Waals surface area (Å²) in [5.41, 5.74) is 6.48. The zero-order valence-electron chi connectivity index (χ0n) is 17.0. The summed E-state index contributed by atoms with van der Waals surface area (Å²) in [7, 11) is 0. The molecule has 2 rings (SSSR count). The Kier molecular flexibility index (Phi) is 8.47. The van der Waals surface area contributed by atoms with Gasteiger partial charge in [0.25, 0.3) is 0 Å². The molecule has 1 nitrogen and oxygen atoms in total. The Morgan fingerprint density at radius 2 is 1.54 bits per heavy atom. The lowest BCUT2D eigenvalue weighted by molar-refractivity contribution is 0.303. The number of hydrogen-bond donors (Lipinski definition) is 0. The topological polar surface area (TPSA) is 9.23 Å². The normalized spacial score (nSPS) is 11.2. The number of benzene rings is 2. The van der Waals surface area contributed by atoms with E-state index < -0.39 is 0 Å². The Labute approximate surface area is 160 Å². The fraction of sp³-hybridized carbons (Fsp3) is 0.440. The second kappa shape index (κ2) is 10.9. The van der Waals surface area contributed by atoms with Crippen LogP contribution in [0.2, 0.25) is 0 Å². The van der Waals surface area contributed by atoms with Crippen LogP contribution in [0.4, 0.5) is 0 Å². The van der Waals surface area contributed by atoms with Crippen molar-refractivity contribution in [3.8, 4) is 5.75 Å². The molecule has 0 atom stereocenters. The largest absolute Gasteiger partial charge is 0.493 e. The summed E-state index contributed by atoms with van der Waals surface area (Å²) >= 11 is 0. The van der Waals surface area contributed by atoms with Gasteiger partial charge in [-0.1, -0.05) is 82.0 Å². The van der Waals surface area contributed by atoms with Crippen LogP contribution in [0.1, 0.15) is 73.8 Å². The van der Waals surface area contributed by atoms with Crippen molar-refractivity contribution in [2.45, 2.75) is 66.2 Å². The summed E-state index contributed by atoms with van der Waals surface area (Å²) in [5.74, 6) is 1.03. The minimum atomic E-state index is 0.819. The molecule has 0 aliphatic rings. The maximum absolute atomic E-state index is 5.99. The fourth-order valence-electron chi connectivity index (χ4n) is 3.13. The third-order valence-corrected chi connectivity index (χ3v) is 5.01. The summed E-state index contributed by atoms with van der Waals surface area (Å²) in [6.07, 6.45) is 11.7. The van der Waals surface area contributed by atoms with Crippen LogP contribution >= 0.6 is 0 Å². The van der Waals surface area contributed by atoms with Gasteiger partial charge < -0.3 is 4.74 Å². The molecule has 0 aliphatic heterocycles. The van der Waals surface area contributed by atoms with E-state index in [2.05, 4.69) is 76.2 Å². The molecule has 0 N–H and O–H groups in total. The van der Waals surface area contributed by atoms with E-state index in [0.717, 1.165) is 25.2 Å². The molecule has 1 heteroatoms. The first-order chi connectivity index (χ1) is 12.7. The van der Waals surface area contributed by atoms with Gasteiger partial charge in [-0.25, -0.2) is 0 Å². The van der Waals surface area contributed by atoms with Gasteiger partial charge in [0.15, 0.2) is 0 Å². The van der Waals surface area contributed by atoms with Crippen LogP contribution in [0, 0.1) is 13.8 Å². The molecule has 140 valence electrons. The molecular formula is C25H34O. The van der Waals surface area contributed by atoms with Gasteiger partial charge in [-0.3, -0.25) is 0 Å². The van der Waals surface area contributed by atoms with Crippen molar-refractivity contribution >= 4 is 12.2 Å². The molecule has 0 spiro atoms. The standard InChI is InChI=1S/C25H34O/c1-5-7-8-9-19-26-25-18-17-24(20(3)21(25)4)16-15-23-13-11-22(10-6-2)12-14-23/h11-18H,5-10,19H2,1-4H3. The van der Waals surface area contributed by atoms with E-state index in [-0.39, 0.29) is 0 Å². The van der Waals surface area contributed by atoms with Crippen molar-refractivity contribution in [1.82, 2.24) is 0 Å². The molecule has 0 saturated heterocycles. The van der Waals surface area contributed by atoms with Crippen molar-refractivity contribution in [3.05, 3.63) is 64.2 Å². The first-order valence-electron chi connectivity index (χ1n) is 10.2. The lowest BCUT2D eigenvalue weighted by Gasteiger charge is -2.13. The average Bonchev–Trinajstić information content (AvgIpc) is 2.65. The molecule has 2 aromatic rings. The smallest absolute Gasteiger partial charge is 0.122 e. The van der Waals surface area contributed by atoms with Crippen LogP contribution in [0.25, 0.3) is 12.2 Å². The van der Waals surface area contributed by atoms with E-state index in [1.807, 2.05) is 0 Å². The molecule has 0 heterocycles. The van der Waals surface area contributed by atoms with E-state index in [4.69, 9.17) is 4.74 Å². The van der Waals surface area contributed by atoms with Crippen molar-refractivity contribution < 1.29 is 4.74 Å². The Balaban J connectivity index is 2.00. The van der Waals surface area contributed by atoms with E-state index in [9.17, 15) is 0 Å². The predicted molar refractivity (Wildman–Crippen MR) is 115 cm³/mol. The Morgan fingerprint density at radius 1 is 0.769 bits per heavy atom. The monoisotopic (exact) mass is 350 g/mol. The van der Waals surface area contributed by atoms with Crippen LogP contribution in [0.5, 0.6) is 5.75 Å². The van der Waals surface area contributed by atoms with Crippen molar-refractivity contribution in [1.29, 1.82) is 0 Å². The van der Waals surface area contributed by atoms with Gasteiger partial charge >= 0.3 is 0 Å². The SMILES string of the molecule is CCCCCCOc1ccc(C=Cc2ccc(CCC)cc2)c(C)c1C. The molecule has 0 radical (unpaired) electrons. The van der Waals surface area contributed by atoms with E-state index >= 15 is 0 Å². The molecule has 2 aromatic carbocycles. The van der Waals surface area contributed by atoms with Crippen LogP contribution in [0.3, 0.4) is 0 Å². The minimum absolute atomic E-state index is 0.819. The molecule has 0 saturated carbocycles. The van der Waals surface area contributed by atoms with Gasteiger partial charge in [0.05, 0.1) is 6.61 Å². The van der Waals surface area contributed by atoms with Crippen LogP contribution in [0.15, 0.2) is 36.4 Å². The Bertz CT molecular complexity index is 695. The molecule has 26 heavy (non-hydrogen) atoms. The van der Waals surface area contributed by atoms with Crippen LogP contribution in [-0.4, -0.2) is 6.61 Å². The fourth-order valence-corrected chi connectivity index (χ4v) is 3.13. The minimum Gasteiger partial charge on any atom is -0.493 e. The van der Waals surface area contributed by atoms with Gasteiger partial charge in [0.2, 0.25) is 0 Å². The molecule has 0 fully saturated rings. The molecule has 0 amide bonds. The lowest BCUT2D eigenvalue weighted by atomic mass is 10.0. The summed E-state index contributed by atoms with van der Waals surface area (Å²) in [6.45, 7) is 9.62. The highest BCUT2D eigenvalue weighted by Crippen LogP contribution is 2.26. The lowest BCUT2D eigenvalue weighted by Crippen LogP contribution is -2.00. The van der Waals surface area contributed by atoms with Gasteiger partial charge in [-0.15, -0.1) is 0 Å². The zero-order chi connectivity index (χ0) is 18.8. The number of aryl methyl sites for hydroxylation is 1. The third kappa shape index (κ3) is 6.05. The average molecular weight is 351 g/mol.